The number of rotatable bonds is 4. The molecule has 0 saturated heterocycles. The van der Waals surface area contributed by atoms with Crippen LogP contribution in [0, 0.1) is 0 Å². The largest absolute Gasteiger partial charge is 0.534 e. The lowest BCUT2D eigenvalue weighted by molar-refractivity contribution is -0.0499. The fourth-order valence-electron chi connectivity index (χ4n) is 3.35. The van der Waals surface area contributed by atoms with E-state index in [1.54, 1.807) is 42.5 Å². The number of alkyl halides is 3. The van der Waals surface area contributed by atoms with E-state index in [1.165, 1.54) is 12.1 Å². The van der Waals surface area contributed by atoms with E-state index in [0.717, 1.165) is 16.3 Å². The Kier molecular flexibility index (Phi) is 4.99. The third-order valence-electron chi connectivity index (χ3n) is 4.65. The second-order valence-electron chi connectivity index (χ2n) is 6.55. The first kappa shape index (κ1) is 20.0. The highest BCUT2D eigenvalue weighted by Crippen LogP contribution is 2.43. The quantitative estimate of drug-likeness (QED) is 0.279. The molecule has 4 aromatic carbocycles. The summed E-state index contributed by atoms with van der Waals surface area (Å²) in [6, 6.07) is 26.1. The minimum absolute atomic E-state index is 0.272. The molecule has 0 amide bonds. The van der Waals surface area contributed by atoms with E-state index in [1.807, 2.05) is 36.4 Å². The van der Waals surface area contributed by atoms with Gasteiger partial charge in [0.1, 0.15) is 0 Å². The first-order valence-corrected chi connectivity index (χ1v) is 10.4. The molecule has 0 unspecified atom stereocenters. The summed E-state index contributed by atoms with van der Waals surface area (Å²) in [6.07, 6.45) is 0. The van der Waals surface area contributed by atoms with Crippen LogP contribution >= 0.6 is 0 Å². The number of fused-ring (bicyclic) bond motifs is 1. The Balaban J connectivity index is 2.04. The van der Waals surface area contributed by atoms with Gasteiger partial charge in [0.2, 0.25) is 0 Å². The van der Waals surface area contributed by atoms with Crippen LogP contribution in [-0.4, -0.2) is 13.9 Å². The van der Waals surface area contributed by atoms with Crippen molar-refractivity contribution in [2.45, 2.75) is 5.51 Å². The van der Waals surface area contributed by atoms with Gasteiger partial charge in [-0.25, -0.2) is 0 Å². The van der Waals surface area contributed by atoms with Crippen LogP contribution in [0.3, 0.4) is 0 Å². The Labute approximate surface area is 171 Å². The lowest BCUT2D eigenvalue weighted by Crippen LogP contribution is -2.28. The number of halogens is 3. The molecule has 0 bridgehead atoms. The first-order valence-electron chi connectivity index (χ1n) is 8.95. The summed E-state index contributed by atoms with van der Waals surface area (Å²) >= 11 is 0. The maximum absolute atomic E-state index is 13.0. The van der Waals surface area contributed by atoms with Gasteiger partial charge in [-0.05, 0) is 33.5 Å². The van der Waals surface area contributed by atoms with Gasteiger partial charge in [0.15, 0.2) is 5.75 Å². The summed E-state index contributed by atoms with van der Waals surface area (Å²) in [4.78, 5) is 0. The van der Waals surface area contributed by atoms with E-state index in [4.69, 9.17) is 0 Å². The number of benzene rings is 4. The predicted molar refractivity (Wildman–Crippen MR) is 110 cm³/mol. The van der Waals surface area contributed by atoms with E-state index < -0.39 is 15.6 Å². The van der Waals surface area contributed by atoms with E-state index in [2.05, 4.69) is 4.18 Å². The van der Waals surface area contributed by atoms with Crippen LogP contribution in [0.1, 0.15) is 0 Å². The SMILES string of the molecule is O=S(=O)(Oc1cccc(-c2ccccc2)c1-c1cccc2ccccc12)C(F)(F)F. The molecule has 4 rings (SSSR count). The second kappa shape index (κ2) is 7.50. The van der Waals surface area contributed by atoms with Crippen molar-refractivity contribution in [3.05, 3.63) is 91.0 Å². The monoisotopic (exact) mass is 428 g/mol. The Bertz CT molecular complexity index is 1310. The minimum atomic E-state index is -5.83. The molecule has 0 radical (unpaired) electrons. The summed E-state index contributed by atoms with van der Waals surface area (Å²) in [5.74, 6) is -0.384. The maximum atomic E-state index is 13.0. The van der Waals surface area contributed by atoms with Gasteiger partial charge in [-0.1, -0.05) is 84.9 Å². The highest BCUT2D eigenvalue weighted by molar-refractivity contribution is 7.88. The summed E-state index contributed by atoms with van der Waals surface area (Å²) in [5, 5.41) is 1.63. The highest BCUT2D eigenvalue weighted by atomic mass is 32.2. The van der Waals surface area contributed by atoms with Gasteiger partial charge in [0.05, 0.1) is 0 Å². The van der Waals surface area contributed by atoms with Gasteiger partial charge in [-0.2, -0.15) is 21.6 Å². The third-order valence-corrected chi connectivity index (χ3v) is 5.62. The number of hydrogen-bond acceptors (Lipinski definition) is 3. The van der Waals surface area contributed by atoms with Crippen LogP contribution in [0.4, 0.5) is 13.2 Å². The molecule has 0 aliphatic heterocycles. The molecule has 0 aromatic heterocycles. The van der Waals surface area contributed by atoms with Crippen LogP contribution < -0.4 is 4.18 Å². The zero-order valence-corrected chi connectivity index (χ0v) is 16.2. The lowest BCUT2D eigenvalue weighted by Gasteiger charge is -2.18. The van der Waals surface area contributed by atoms with Gasteiger partial charge in [-0.15, -0.1) is 0 Å². The zero-order chi connectivity index (χ0) is 21.4. The molecule has 0 heterocycles. The van der Waals surface area contributed by atoms with Crippen molar-refractivity contribution in [1.82, 2.24) is 0 Å². The summed E-state index contributed by atoms with van der Waals surface area (Å²) < 4.78 is 67.2. The fourth-order valence-corrected chi connectivity index (χ4v) is 3.82. The molecule has 3 nitrogen and oxygen atoms in total. The maximum Gasteiger partial charge on any atom is 0.534 e. The van der Waals surface area contributed by atoms with E-state index in [9.17, 15) is 21.6 Å². The molecule has 152 valence electrons. The summed E-state index contributed by atoms with van der Waals surface area (Å²) in [6.45, 7) is 0. The Morgan fingerprint density at radius 1 is 0.667 bits per heavy atom. The van der Waals surface area contributed by atoms with Crippen LogP contribution in [0.2, 0.25) is 0 Å². The molecule has 0 saturated carbocycles. The van der Waals surface area contributed by atoms with Crippen LogP contribution in [-0.2, 0) is 10.1 Å². The van der Waals surface area contributed by atoms with Crippen molar-refractivity contribution in [3.8, 4) is 28.0 Å². The van der Waals surface area contributed by atoms with Crippen LogP contribution in [0.5, 0.6) is 5.75 Å². The normalized spacial score (nSPS) is 12.1. The van der Waals surface area contributed by atoms with Crippen LogP contribution in [0.15, 0.2) is 91.0 Å². The van der Waals surface area contributed by atoms with Crippen molar-refractivity contribution < 1.29 is 25.8 Å². The molecule has 0 aliphatic carbocycles. The molecule has 7 heteroatoms. The molecule has 30 heavy (non-hydrogen) atoms. The second-order valence-corrected chi connectivity index (χ2v) is 8.09. The van der Waals surface area contributed by atoms with Crippen molar-refractivity contribution in [2.24, 2.45) is 0 Å². The standard InChI is InChI=1S/C23H15F3O3S/c24-23(25,26)30(27,28)29-21-15-7-13-19(17-8-2-1-3-9-17)22(21)20-14-6-11-16-10-4-5-12-18(16)20/h1-15H. The smallest absolute Gasteiger partial charge is 0.375 e. The molecule has 0 N–H and O–H groups in total. The van der Waals surface area contributed by atoms with E-state index in [0.29, 0.717) is 11.1 Å². The summed E-state index contributed by atoms with van der Waals surface area (Å²) in [5.41, 5.74) is -3.42. The average Bonchev–Trinajstić information content (AvgIpc) is 2.73. The Hall–Kier alpha value is -3.32. The molecular formula is C23H15F3O3S. The molecule has 0 spiro atoms. The van der Waals surface area contributed by atoms with Crippen molar-refractivity contribution in [3.63, 3.8) is 0 Å². The molecular weight excluding hydrogens is 413 g/mol. The van der Waals surface area contributed by atoms with Crippen molar-refractivity contribution in [2.75, 3.05) is 0 Å². The topological polar surface area (TPSA) is 43.4 Å². The minimum Gasteiger partial charge on any atom is -0.375 e. The van der Waals surface area contributed by atoms with E-state index in [-0.39, 0.29) is 11.3 Å². The van der Waals surface area contributed by atoms with Gasteiger partial charge < -0.3 is 4.18 Å². The molecule has 0 atom stereocenters. The van der Waals surface area contributed by atoms with E-state index >= 15 is 0 Å². The third kappa shape index (κ3) is 3.64. The predicted octanol–water partition coefficient (Wildman–Crippen LogP) is 6.40. The molecule has 4 aromatic rings. The first-order chi connectivity index (χ1) is 14.3. The lowest BCUT2D eigenvalue weighted by atomic mass is 9.91. The molecule has 0 fully saturated rings. The summed E-state index contributed by atoms with van der Waals surface area (Å²) in [7, 11) is -5.83. The van der Waals surface area contributed by atoms with Gasteiger partial charge >= 0.3 is 15.6 Å². The highest BCUT2D eigenvalue weighted by Gasteiger charge is 2.49. The van der Waals surface area contributed by atoms with Gasteiger partial charge in [0.25, 0.3) is 0 Å². The zero-order valence-electron chi connectivity index (χ0n) is 15.4. The Morgan fingerprint density at radius 3 is 2.00 bits per heavy atom. The van der Waals surface area contributed by atoms with Crippen LogP contribution in [0.25, 0.3) is 33.0 Å². The van der Waals surface area contributed by atoms with Gasteiger partial charge in [-0.3, -0.25) is 0 Å². The molecule has 0 aliphatic rings. The van der Waals surface area contributed by atoms with Crippen molar-refractivity contribution >= 4 is 20.9 Å². The fraction of sp³-hybridized carbons (Fsp3) is 0.0435. The Morgan fingerprint density at radius 2 is 1.27 bits per heavy atom. The van der Waals surface area contributed by atoms with Crippen molar-refractivity contribution in [1.29, 1.82) is 0 Å². The number of hydrogen-bond donors (Lipinski definition) is 0. The van der Waals surface area contributed by atoms with Gasteiger partial charge in [0, 0.05) is 5.56 Å². The average molecular weight is 428 g/mol.